The Morgan fingerprint density at radius 1 is 1.37 bits per heavy atom. The standard InChI is InChI=1S/C13H11BrN2O3/c14-8-1-2-9-7(5-8)6-16(13(9)19)10-3-4-11(17)15-12(10)18/h1-2,5,10H,3-4,6H2,(H,15,17,18)/i10D. The molecule has 0 spiro atoms. The molecule has 1 N–H and O–H groups in total. The molecule has 6 heteroatoms. The van der Waals surface area contributed by atoms with Crippen LogP contribution in [0.2, 0.25) is 0 Å². The number of rotatable bonds is 1. The van der Waals surface area contributed by atoms with Crippen molar-refractivity contribution in [3.63, 3.8) is 0 Å². The van der Waals surface area contributed by atoms with Crippen molar-refractivity contribution in [1.29, 1.82) is 0 Å². The maximum atomic E-state index is 12.4. The van der Waals surface area contributed by atoms with Gasteiger partial charge in [-0.3, -0.25) is 19.7 Å². The molecule has 2 aliphatic heterocycles. The van der Waals surface area contributed by atoms with Gasteiger partial charge < -0.3 is 4.90 Å². The van der Waals surface area contributed by atoms with Crippen LogP contribution in [0.3, 0.4) is 0 Å². The van der Waals surface area contributed by atoms with Gasteiger partial charge in [-0.05, 0) is 30.2 Å². The van der Waals surface area contributed by atoms with Crippen LogP contribution in [-0.4, -0.2) is 28.6 Å². The Morgan fingerprint density at radius 3 is 2.89 bits per heavy atom. The van der Waals surface area contributed by atoms with Crippen LogP contribution >= 0.6 is 15.9 Å². The molecule has 19 heavy (non-hydrogen) atoms. The number of piperidine rings is 1. The van der Waals surface area contributed by atoms with Gasteiger partial charge in [0.25, 0.3) is 5.91 Å². The average Bonchev–Trinajstić information content (AvgIpc) is 2.72. The Labute approximate surface area is 119 Å². The number of amides is 3. The van der Waals surface area contributed by atoms with Gasteiger partial charge in [-0.2, -0.15) is 0 Å². The van der Waals surface area contributed by atoms with E-state index in [9.17, 15) is 14.4 Å². The smallest absolute Gasteiger partial charge is 0.255 e. The fourth-order valence-electron chi connectivity index (χ4n) is 2.37. The van der Waals surface area contributed by atoms with Crippen LogP contribution in [0.1, 0.15) is 30.1 Å². The lowest BCUT2D eigenvalue weighted by molar-refractivity contribution is -0.136. The number of carbonyl (C=O) groups is 3. The minimum atomic E-state index is -1.71. The summed E-state index contributed by atoms with van der Waals surface area (Å²) in [5.41, 5.74) is 1.28. The summed E-state index contributed by atoms with van der Waals surface area (Å²) >= 11 is 3.33. The summed E-state index contributed by atoms with van der Waals surface area (Å²) in [7, 11) is 0. The van der Waals surface area contributed by atoms with Crippen molar-refractivity contribution in [2.75, 3.05) is 0 Å². The van der Waals surface area contributed by atoms with Gasteiger partial charge in [-0.25, -0.2) is 0 Å². The van der Waals surface area contributed by atoms with Crippen LogP contribution in [0.4, 0.5) is 0 Å². The third-order valence-electron chi connectivity index (χ3n) is 3.30. The number of benzene rings is 1. The van der Waals surface area contributed by atoms with E-state index in [1.165, 1.54) is 4.90 Å². The van der Waals surface area contributed by atoms with Gasteiger partial charge in [0.15, 0.2) is 0 Å². The minimum Gasteiger partial charge on any atom is -0.322 e. The van der Waals surface area contributed by atoms with Crippen molar-refractivity contribution in [1.82, 2.24) is 10.2 Å². The normalized spacial score (nSPS) is 27.1. The van der Waals surface area contributed by atoms with E-state index in [1.54, 1.807) is 12.1 Å². The highest BCUT2D eigenvalue weighted by Gasteiger charge is 2.38. The lowest BCUT2D eigenvalue weighted by Gasteiger charge is -2.29. The fourth-order valence-corrected chi connectivity index (χ4v) is 2.78. The third-order valence-corrected chi connectivity index (χ3v) is 3.79. The molecule has 0 bridgehead atoms. The van der Waals surface area contributed by atoms with E-state index >= 15 is 0 Å². The van der Waals surface area contributed by atoms with Crippen LogP contribution in [-0.2, 0) is 16.1 Å². The number of halogens is 1. The van der Waals surface area contributed by atoms with Gasteiger partial charge in [-0.1, -0.05) is 15.9 Å². The molecule has 0 radical (unpaired) electrons. The van der Waals surface area contributed by atoms with Gasteiger partial charge >= 0.3 is 0 Å². The number of carbonyl (C=O) groups excluding carboxylic acids is 3. The molecule has 0 aliphatic carbocycles. The number of imide groups is 1. The van der Waals surface area contributed by atoms with Gasteiger partial charge in [0.05, 0.1) is 1.37 Å². The van der Waals surface area contributed by atoms with Crippen molar-refractivity contribution in [2.24, 2.45) is 0 Å². The lowest BCUT2D eigenvalue weighted by atomic mass is 10.0. The Kier molecular flexibility index (Phi) is 2.61. The van der Waals surface area contributed by atoms with Crippen molar-refractivity contribution in [3.05, 3.63) is 33.8 Å². The molecule has 1 saturated heterocycles. The Bertz CT molecular complexity index is 649. The van der Waals surface area contributed by atoms with Gasteiger partial charge in [-0.15, -0.1) is 0 Å². The molecular formula is C13H11BrN2O3. The molecule has 1 atom stereocenters. The van der Waals surface area contributed by atoms with Crippen LogP contribution in [0.5, 0.6) is 0 Å². The molecule has 1 fully saturated rings. The summed E-state index contributed by atoms with van der Waals surface area (Å²) in [5, 5.41) is 2.14. The van der Waals surface area contributed by atoms with Crippen LogP contribution in [0.15, 0.2) is 22.7 Å². The molecule has 2 aliphatic rings. The monoisotopic (exact) mass is 323 g/mol. The SMILES string of the molecule is [2H]C1(N2Cc3cc(Br)ccc3C2=O)CCC(=O)NC1=O. The second kappa shape index (κ2) is 4.45. The Morgan fingerprint density at radius 2 is 2.16 bits per heavy atom. The molecule has 1 aromatic carbocycles. The lowest BCUT2D eigenvalue weighted by Crippen LogP contribution is -2.52. The van der Waals surface area contributed by atoms with Crippen LogP contribution < -0.4 is 5.32 Å². The van der Waals surface area contributed by atoms with E-state index in [1.807, 2.05) is 6.07 Å². The zero-order chi connectivity index (χ0) is 14.5. The van der Waals surface area contributed by atoms with Crippen molar-refractivity contribution < 1.29 is 15.8 Å². The number of hydrogen-bond donors (Lipinski definition) is 1. The Hall–Kier alpha value is -1.69. The van der Waals surface area contributed by atoms with Crippen LogP contribution in [0, 0.1) is 0 Å². The van der Waals surface area contributed by atoms with Gasteiger partial charge in [0, 0.05) is 23.0 Å². The number of fused-ring (bicyclic) bond motifs is 1. The van der Waals surface area contributed by atoms with Gasteiger partial charge in [0.2, 0.25) is 11.8 Å². The maximum Gasteiger partial charge on any atom is 0.255 e. The topological polar surface area (TPSA) is 66.5 Å². The largest absolute Gasteiger partial charge is 0.322 e. The molecule has 98 valence electrons. The predicted molar refractivity (Wildman–Crippen MR) is 70.2 cm³/mol. The molecule has 1 aromatic rings. The summed E-state index contributed by atoms with van der Waals surface area (Å²) < 4.78 is 9.14. The predicted octanol–water partition coefficient (Wildman–Crippen LogP) is 1.21. The first-order valence-electron chi connectivity index (χ1n) is 6.36. The maximum absolute atomic E-state index is 12.4. The summed E-state index contributed by atoms with van der Waals surface area (Å²) in [6.45, 7) is 0.207. The fraction of sp³-hybridized carbons (Fsp3) is 0.308. The summed E-state index contributed by atoms with van der Waals surface area (Å²) in [6, 6.07) is 3.53. The molecule has 3 rings (SSSR count). The molecule has 1 unspecified atom stereocenters. The first-order valence-corrected chi connectivity index (χ1v) is 6.66. The first-order chi connectivity index (χ1) is 9.41. The summed E-state index contributed by atoms with van der Waals surface area (Å²) in [5.74, 6) is -1.47. The molecule has 0 saturated carbocycles. The quantitative estimate of drug-likeness (QED) is 0.790. The minimum absolute atomic E-state index is 0.0264. The zero-order valence-corrected chi connectivity index (χ0v) is 11.5. The molecular weight excluding hydrogens is 312 g/mol. The highest BCUT2D eigenvalue weighted by Crippen LogP contribution is 2.29. The van der Waals surface area contributed by atoms with E-state index in [4.69, 9.17) is 1.37 Å². The second-order valence-electron chi connectivity index (χ2n) is 4.52. The average molecular weight is 324 g/mol. The van der Waals surface area contributed by atoms with E-state index < -0.39 is 17.8 Å². The van der Waals surface area contributed by atoms with Crippen LogP contribution in [0.25, 0.3) is 0 Å². The van der Waals surface area contributed by atoms with Crippen molar-refractivity contribution in [2.45, 2.75) is 25.4 Å². The van der Waals surface area contributed by atoms with E-state index in [2.05, 4.69) is 21.2 Å². The molecule has 5 nitrogen and oxygen atoms in total. The number of nitrogens with one attached hydrogen (secondary N) is 1. The Balaban J connectivity index is 1.95. The number of hydrogen-bond acceptors (Lipinski definition) is 3. The summed E-state index contributed by atoms with van der Waals surface area (Å²) in [6.07, 6.45) is 0.0949. The van der Waals surface area contributed by atoms with E-state index in [0.29, 0.717) is 5.56 Å². The first kappa shape index (κ1) is 11.2. The highest BCUT2D eigenvalue weighted by atomic mass is 79.9. The van der Waals surface area contributed by atoms with Gasteiger partial charge in [0.1, 0.15) is 6.02 Å². The van der Waals surface area contributed by atoms with Crippen molar-refractivity contribution >= 4 is 33.7 Å². The van der Waals surface area contributed by atoms with E-state index in [-0.39, 0.29) is 25.3 Å². The molecule has 2 heterocycles. The highest BCUT2D eigenvalue weighted by molar-refractivity contribution is 9.10. The second-order valence-corrected chi connectivity index (χ2v) is 5.43. The summed E-state index contributed by atoms with van der Waals surface area (Å²) in [4.78, 5) is 36.7. The van der Waals surface area contributed by atoms with E-state index in [0.717, 1.165) is 10.0 Å². The zero-order valence-electron chi connectivity index (χ0n) is 10.9. The molecule has 3 amide bonds. The van der Waals surface area contributed by atoms with Crippen molar-refractivity contribution in [3.8, 4) is 0 Å². The molecule has 0 aromatic heterocycles. The third kappa shape index (κ3) is 2.06. The number of nitrogens with zero attached hydrogens (tertiary/aromatic N) is 1.